The summed E-state index contributed by atoms with van der Waals surface area (Å²) in [6.45, 7) is 1.84. The Morgan fingerprint density at radius 2 is 1.87 bits per heavy atom. The molecule has 3 N–H and O–H groups in total. The first-order valence-electron chi connectivity index (χ1n) is 10.0. The predicted octanol–water partition coefficient (Wildman–Crippen LogP) is 5.45. The summed E-state index contributed by atoms with van der Waals surface area (Å²) in [6.07, 6.45) is 3.54. The monoisotopic (exact) mass is 443 g/mol. The highest BCUT2D eigenvalue weighted by Crippen LogP contribution is 2.30. The van der Waals surface area contributed by atoms with Crippen molar-refractivity contribution in [2.24, 2.45) is 5.73 Å². The van der Waals surface area contributed by atoms with Crippen molar-refractivity contribution in [3.8, 4) is 0 Å². The summed E-state index contributed by atoms with van der Waals surface area (Å²) < 4.78 is 28.2. The Kier molecular flexibility index (Phi) is 7.71. The number of benzene rings is 2. The van der Waals surface area contributed by atoms with E-state index in [1.54, 1.807) is 24.3 Å². The van der Waals surface area contributed by atoms with E-state index in [1.807, 2.05) is 19.1 Å². The number of rotatable bonds is 8. The molecule has 3 aromatic rings. The molecule has 3 rings (SSSR count). The van der Waals surface area contributed by atoms with Gasteiger partial charge in [0.05, 0.1) is 18.1 Å². The molecule has 0 unspecified atom stereocenters. The van der Waals surface area contributed by atoms with Crippen LogP contribution >= 0.6 is 11.6 Å². The molecule has 0 bridgehead atoms. The Bertz CT molecular complexity index is 1040. The highest BCUT2D eigenvalue weighted by Gasteiger charge is 2.20. The Hall–Kier alpha value is -2.83. The lowest BCUT2D eigenvalue weighted by molar-refractivity contribution is -0.116. The summed E-state index contributed by atoms with van der Waals surface area (Å²) in [6, 6.07) is 13.1. The number of pyridine rings is 1. The van der Waals surface area contributed by atoms with E-state index < -0.39 is 11.7 Å². The van der Waals surface area contributed by atoms with Crippen molar-refractivity contribution in [3.63, 3.8) is 0 Å². The summed E-state index contributed by atoms with van der Waals surface area (Å²) in [5, 5.41) is 3.33. The number of anilines is 1. The molecular weight excluding hydrogens is 420 g/mol. The zero-order chi connectivity index (χ0) is 22.4. The Balaban J connectivity index is 1.85. The lowest BCUT2D eigenvalue weighted by Gasteiger charge is -2.19. The van der Waals surface area contributed by atoms with Gasteiger partial charge >= 0.3 is 0 Å². The molecule has 0 saturated heterocycles. The van der Waals surface area contributed by atoms with Gasteiger partial charge in [-0.25, -0.2) is 8.78 Å². The number of nitrogens with one attached hydrogen (secondary N) is 1. The third kappa shape index (κ3) is 6.32. The normalized spacial score (nSPS) is 12.9. The van der Waals surface area contributed by atoms with Crippen LogP contribution in [0.4, 0.5) is 14.5 Å². The van der Waals surface area contributed by atoms with Crippen molar-refractivity contribution in [3.05, 3.63) is 94.3 Å². The molecule has 0 aliphatic rings. The minimum absolute atomic E-state index is 0.0360. The zero-order valence-corrected chi connectivity index (χ0v) is 17.9. The summed E-state index contributed by atoms with van der Waals surface area (Å²) >= 11 is 5.99. The molecule has 2 atom stereocenters. The first-order valence-corrected chi connectivity index (χ1v) is 10.4. The third-order valence-electron chi connectivity index (χ3n) is 5.04. The Labute approximate surface area is 185 Å². The minimum atomic E-state index is -0.488. The quantitative estimate of drug-likeness (QED) is 0.486. The number of hydrogen-bond acceptors (Lipinski definition) is 3. The van der Waals surface area contributed by atoms with Gasteiger partial charge in [0.1, 0.15) is 11.6 Å². The van der Waals surface area contributed by atoms with Gasteiger partial charge in [-0.15, -0.1) is 0 Å². The minimum Gasteiger partial charge on any atom is -0.328 e. The molecule has 1 amide bonds. The molecule has 0 aliphatic carbocycles. The summed E-state index contributed by atoms with van der Waals surface area (Å²) in [5.74, 6) is -1.61. The van der Waals surface area contributed by atoms with Crippen LogP contribution in [0.2, 0.25) is 5.02 Å². The number of hydrogen-bond donors (Lipinski definition) is 2. The topological polar surface area (TPSA) is 68.0 Å². The van der Waals surface area contributed by atoms with E-state index in [0.29, 0.717) is 34.7 Å². The number of halogens is 3. The molecular formula is C24H24ClF2N3O. The zero-order valence-electron chi connectivity index (χ0n) is 17.1. The van der Waals surface area contributed by atoms with Crippen LogP contribution < -0.4 is 11.1 Å². The molecule has 31 heavy (non-hydrogen) atoms. The molecule has 4 nitrogen and oxygen atoms in total. The van der Waals surface area contributed by atoms with Gasteiger partial charge in [0.15, 0.2) is 0 Å². The highest BCUT2D eigenvalue weighted by atomic mass is 35.5. The number of nitrogens with zero attached hydrogens (tertiary/aromatic N) is 1. The number of nitrogens with two attached hydrogens (primary N) is 1. The van der Waals surface area contributed by atoms with E-state index in [9.17, 15) is 13.6 Å². The molecule has 0 saturated carbocycles. The first-order chi connectivity index (χ1) is 14.8. The molecule has 0 aliphatic heterocycles. The average Bonchev–Trinajstić information content (AvgIpc) is 2.72. The van der Waals surface area contributed by atoms with Gasteiger partial charge < -0.3 is 11.1 Å². The van der Waals surface area contributed by atoms with Gasteiger partial charge in [-0.05, 0) is 55.2 Å². The van der Waals surface area contributed by atoms with Gasteiger partial charge in [0, 0.05) is 29.0 Å². The maximum Gasteiger partial charge on any atom is 0.225 e. The maximum absolute atomic E-state index is 14.3. The summed E-state index contributed by atoms with van der Waals surface area (Å²) in [4.78, 5) is 16.8. The van der Waals surface area contributed by atoms with Gasteiger partial charge in [-0.1, -0.05) is 35.9 Å². The second-order valence-electron chi connectivity index (χ2n) is 7.57. The fourth-order valence-electron chi connectivity index (χ4n) is 3.43. The Morgan fingerprint density at radius 3 is 2.55 bits per heavy atom. The van der Waals surface area contributed by atoms with Crippen molar-refractivity contribution in [1.29, 1.82) is 0 Å². The first kappa shape index (κ1) is 22.8. The fraction of sp³-hybridized carbons (Fsp3) is 0.250. The number of amides is 1. The number of carbonyl (C=O) groups is 1. The van der Waals surface area contributed by atoms with Crippen LogP contribution in [0.3, 0.4) is 0 Å². The largest absolute Gasteiger partial charge is 0.328 e. The van der Waals surface area contributed by atoms with Crippen LogP contribution in [0.25, 0.3) is 0 Å². The summed E-state index contributed by atoms with van der Waals surface area (Å²) in [5.41, 5.74) is 7.96. The Morgan fingerprint density at radius 1 is 1.13 bits per heavy atom. The number of carbonyl (C=O) groups excluding carboxylic acids is 1. The second-order valence-corrected chi connectivity index (χ2v) is 8.01. The van der Waals surface area contributed by atoms with Crippen molar-refractivity contribution in [2.75, 3.05) is 5.32 Å². The maximum atomic E-state index is 14.3. The van der Waals surface area contributed by atoms with E-state index in [4.69, 9.17) is 17.3 Å². The highest BCUT2D eigenvalue weighted by molar-refractivity contribution is 6.30. The van der Waals surface area contributed by atoms with Crippen LogP contribution in [0.5, 0.6) is 0 Å². The van der Waals surface area contributed by atoms with Crippen molar-refractivity contribution >= 4 is 23.2 Å². The lowest BCUT2D eigenvalue weighted by Crippen LogP contribution is -2.19. The smallest absolute Gasteiger partial charge is 0.225 e. The molecule has 1 aromatic heterocycles. The van der Waals surface area contributed by atoms with Gasteiger partial charge in [-0.2, -0.15) is 0 Å². The molecule has 0 fully saturated rings. The van der Waals surface area contributed by atoms with E-state index >= 15 is 0 Å². The molecule has 7 heteroatoms. The van der Waals surface area contributed by atoms with Crippen LogP contribution in [-0.4, -0.2) is 16.9 Å². The lowest BCUT2D eigenvalue weighted by atomic mass is 9.88. The molecule has 0 radical (unpaired) electrons. The van der Waals surface area contributed by atoms with Gasteiger partial charge in [0.25, 0.3) is 0 Å². The average molecular weight is 444 g/mol. The molecule has 0 spiro atoms. The predicted molar refractivity (Wildman–Crippen MR) is 119 cm³/mol. The van der Waals surface area contributed by atoms with Crippen molar-refractivity contribution < 1.29 is 13.6 Å². The standard InChI is InChI=1S/C24H24ClF2N3O/c1-15(28)5-10-20-22(27)13-29-14-23(20)30-24(31)12-21(16-6-8-18(25)9-7-16)17-3-2-4-19(26)11-17/h2-4,6-9,11,13-15,21H,5,10,12,28H2,1H3,(H,30,31)/t15-,21+/m1/s1. The van der Waals surface area contributed by atoms with Crippen LogP contribution in [0, 0.1) is 11.6 Å². The molecule has 162 valence electrons. The SMILES string of the molecule is C[C@@H](N)CCc1c(F)cncc1NC(=O)C[C@@H](c1ccc(Cl)cc1)c1cccc(F)c1. The van der Waals surface area contributed by atoms with Crippen LogP contribution in [0.1, 0.15) is 42.4 Å². The second kappa shape index (κ2) is 10.5. The van der Waals surface area contributed by atoms with Crippen molar-refractivity contribution in [1.82, 2.24) is 4.98 Å². The van der Waals surface area contributed by atoms with Gasteiger partial charge in [-0.3, -0.25) is 9.78 Å². The molecule has 1 heterocycles. The van der Waals surface area contributed by atoms with E-state index in [-0.39, 0.29) is 24.2 Å². The third-order valence-corrected chi connectivity index (χ3v) is 5.29. The van der Waals surface area contributed by atoms with Gasteiger partial charge in [0.2, 0.25) is 5.91 Å². The van der Waals surface area contributed by atoms with E-state index in [2.05, 4.69) is 10.3 Å². The van der Waals surface area contributed by atoms with E-state index in [0.717, 1.165) is 11.8 Å². The number of aromatic nitrogens is 1. The molecule has 2 aromatic carbocycles. The van der Waals surface area contributed by atoms with Crippen molar-refractivity contribution in [2.45, 2.75) is 38.1 Å². The van der Waals surface area contributed by atoms with Crippen LogP contribution in [-0.2, 0) is 11.2 Å². The fourth-order valence-corrected chi connectivity index (χ4v) is 3.55. The van der Waals surface area contributed by atoms with Crippen LogP contribution in [0.15, 0.2) is 60.9 Å². The summed E-state index contributed by atoms with van der Waals surface area (Å²) in [7, 11) is 0. The van der Waals surface area contributed by atoms with E-state index in [1.165, 1.54) is 18.3 Å².